The fourth-order valence-electron chi connectivity index (χ4n) is 1.29. The van der Waals surface area contributed by atoms with Gasteiger partial charge in [0.2, 0.25) is 5.91 Å². The molecule has 0 aromatic carbocycles. The Morgan fingerprint density at radius 2 is 2.40 bits per heavy atom. The molecule has 1 rings (SSSR count). The van der Waals surface area contributed by atoms with Gasteiger partial charge in [0.15, 0.2) is 0 Å². The molecule has 0 aliphatic carbocycles. The zero-order valence-electron chi connectivity index (χ0n) is 9.29. The second kappa shape index (κ2) is 6.19. The topological polar surface area (TPSA) is 59.0 Å². The summed E-state index contributed by atoms with van der Waals surface area (Å²) in [6, 6.07) is 0. The Kier molecular flexibility index (Phi) is 4.83. The average molecular weight is 210 g/mol. The highest BCUT2D eigenvalue weighted by Crippen LogP contribution is 1.96. The minimum atomic E-state index is 0.0232. The summed E-state index contributed by atoms with van der Waals surface area (Å²) in [6.07, 6.45) is 4.49. The summed E-state index contributed by atoms with van der Waals surface area (Å²) < 4.78 is 1.80. The molecular weight excluding hydrogens is 192 g/mol. The SMILES string of the molecule is CCNC(=O)Cn1cnc(CCNC)c1. The molecule has 0 fully saturated rings. The minimum Gasteiger partial charge on any atom is -0.355 e. The summed E-state index contributed by atoms with van der Waals surface area (Å²) in [5, 5.41) is 5.80. The van der Waals surface area contributed by atoms with Gasteiger partial charge in [-0.3, -0.25) is 4.79 Å². The molecule has 1 aromatic rings. The van der Waals surface area contributed by atoms with E-state index in [0.717, 1.165) is 18.7 Å². The predicted molar refractivity (Wildman–Crippen MR) is 58.5 cm³/mol. The maximum absolute atomic E-state index is 11.3. The van der Waals surface area contributed by atoms with Gasteiger partial charge in [-0.05, 0) is 14.0 Å². The van der Waals surface area contributed by atoms with Gasteiger partial charge in [-0.25, -0.2) is 4.98 Å². The van der Waals surface area contributed by atoms with Crippen molar-refractivity contribution in [3.8, 4) is 0 Å². The van der Waals surface area contributed by atoms with Crippen molar-refractivity contribution in [2.24, 2.45) is 0 Å². The normalized spacial score (nSPS) is 10.3. The molecule has 1 aromatic heterocycles. The van der Waals surface area contributed by atoms with Gasteiger partial charge < -0.3 is 15.2 Å². The number of carbonyl (C=O) groups excluding carboxylic acids is 1. The van der Waals surface area contributed by atoms with E-state index in [-0.39, 0.29) is 5.91 Å². The molecule has 0 unspecified atom stereocenters. The first kappa shape index (κ1) is 11.7. The zero-order chi connectivity index (χ0) is 11.1. The molecule has 0 spiro atoms. The first-order valence-corrected chi connectivity index (χ1v) is 5.18. The van der Waals surface area contributed by atoms with E-state index in [4.69, 9.17) is 0 Å². The van der Waals surface area contributed by atoms with Crippen molar-refractivity contribution in [2.45, 2.75) is 19.9 Å². The number of aromatic nitrogens is 2. The van der Waals surface area contributed by atoms with Crippen LogP contribution in [0.25, 0.3) is 0 Å². The van der Waals surface area contributed by atoms with Gasteiger partial charge in [0, 0.05) is 25.7 Å². The Morgan fingerprint density at radius 1 is 1.60 bits per heavy atom. The Balaban J connectivity index is 2.42. The van der Waals surface area contributed by atoms with Crippen molar-refractivity contribution in [2.75, 3.05) is 20.1 Å². The summed E-state index contributed by atoms with van der Waals surface area (Å²) in [5.41, 5.74) is 1.01. The molecule has 5 heteroatoms. The molecule has 0 atom stereocenters. The van der Waals surface area contributed by atoms with E-state index in [1.54, 1.807) is 10.9 Å². The van der Waals surface area contributed by atoms with Crippen LogP contribution in [0.5, 0.6) is 0 Å². The monoisotopic (exact) mass is 210 g/mol. The van der Waals surface area contributed by atoms with Crippen molar-refractivity contribution in [3.63, 3.8) is 0 Å². The number of hydrogen-bond donors (Lipinski definition) is 2. The Hall–Kier alpha value is -1.36. The third kappa shape index (κ3) is 4.12. The van der Waals surface area contributed by atoms with Crippen molar-refractivity contribution in [1.82, 2.24) is 20.2 Å². The van der Waals surface area contributed by atoms with E-state index >= 15 is 0 Å². The molecule has 1 heterocycles. The fraction of sp³-hybridized carbons (Fsp3) is 0.600. The molecule has 0 saturated carbocycles. The van der Waals surface area contributed by atoms with Gasteiger partial charge in [0.1, 0.15) is 6.54 Å². The van der Waals surface area contributed by atoms with Gasteiger partial charge in [0.25, 0.3) is 0 Å². The number of nitrogens with zero attached hydrogens (tertiary/aromatic N) is 2. The van der Waals surface area contributed by atoms with Crippen molar-refractivity contribution < 1.29 is 4.79 Å². The lowest BCUT2D eigenvalue weighted by Gasteiger charge is -2.01. The van der Waals surface area contributed by atoms with Crippen LogP contribution >= 0.6 is 0 Å². The quantitative estimate of drug-likeness (QED) is 0.682. The largest absolute Gasteiger partial charge is 0.355 e. The van der Waals surface area contributed by atoms with Crippen molar-refractivity contribution in [3.05, 3.63) is 18.2 Å². The molecule has 0 aliphatic heterocycles. The first-order chi connectivity index (χ1) is 7.26. The fourth-order valence-corrected chi connectivity index (χ4v) is 1.29. The number of amides is 1. The standard InChI is InChI=1S/C10H18N4O/c1-3-12-10(15)7-14-6-9(13-8-14)4-5-11-2/h6,8,11H,3-5,7H2,1-2H3,(H,12,15). The third-order valence-electron chi connectivity index (χ3n) is 2.02. The van der Waals surface area contributed by atoms with Gasteiger partial charge in [0.05, 0.1) is 12.0 Å². The Bertz CT molecular complexity index is 308. The summed E-state index contributed by atoms with van der Waals surface area (Å²) in [4.78, 5) is 15.5. The Morgan fingerprint density at radius 3 is 3.07 bits per heavy atom. The predicted octanol–water partition coefficient (Wildman–Crippen LogP) is -0.219. The molecule has 0 aliphatic rings. The molecule has 84 valence electrons. The number of hydrogen-bond acceptors (Lipinski definition) is 3. The lowest BCUT2D eigenvalue weighted by atomic mass is 10.3. The van der Waals surface area contributed by atoms with Crippen LogP contribution in [0.3, 0.4) is 0 Å². The van der Waals surface area contributed by atoms with E-state index in [1.807, 2.05) is 20.2 Å². The van der Waals surface area contributed by atoms with Gasteiger partial charge in [-0.15, -0.1) is 0 Å². The van der Waals surface area contributed by atoms with Crippen LogP contribution in [0.4, 0.5) is 0 Å². The maximum Gasteiger partial charge on any atom is 0.239 e. The first-order valence-electron chi connectivity index (χ1n) is 5.18. The highest BCUT2D eigenvalue weighted by Gasteiger charge is 2.02. The molecule has 5 nitrogen and oxygen atoms in total. The highest BCUT2D eigenvalue weighted by atomic mass is 16.1. The van der Waals surface area contributed by atoms with Crippen molar-refractivity contribution >= 4 is 5.91 Å². The number of nitrogens with one attached hydrogen (secondary N) is 2. The molecule has 1 amide bonds. The lowest BCUT2D eigenvalue weighted by Crippen LogP contribution is -2.26. The van der Waals surface area contributed by atoms with E-state index in [0.29, 0.717) is 13.1 Å². The third-order valence-corrected chi connectivity index (χ3v) is 2.02. The number of imidazole rings is 1. The molecular formula is C10H18N4O. The summed E-state index contributed by atoms with van der Waals surface area (Å²) in [6.45, 7) is 3.82. The van der Waals surface area contributed by atoms with E-state index in [1.165, 1.54) is 0 Å². The lowest BCUT2D eigenvalue weighted by molar-refractivity contribution is -0.121. The van der Waals surface area contributed by atoms with Crippen LogP contribution in [0.1, 0.15) is 12.6 Å². The van der Waals surface area contributed by atoms with E-state index < -0.39 is 0 Å². The molecule has 0 bridgehead atoms. The average Bonchev–Trinajstić information content (AvgIpc) is 2.63. The smallest absolute Gasteiger partial charge is 0.239 e. The van der Waals surface area contributed by atoms with Crippen LogP contribution in [-0.2, 0) is 17.8 Å². The molecule has 2 N–H and O–H groups in total. The molecule has 15 heavy (non-hydrogen) atoms. The van der Waals surface area contributed by atoms with Crippen LogP contribution in [0, 0.1) is 0 Å². The van der Waals surface area contributed by atoms with E-state index in [9.17, 15) is 4.79 Å². The minimum absolute atomic E-state index is 0.0232. The van der Waals surface area contributed by atoms with Crippen LogP contribution < -0.4 is 10.6 Å². The molecule has 0 saturated heterocycles. The van der Waals surface area contributed by atoms with Crippen LogP contribution in [0.2, 0.25) is 0 Å². The number of likely N-dealkylation sites (N-methyl/N-ethyl adjacent to an activating group) is 2. The Labute approximate surface area is 89.9 Å². The van der Waals surface area contributed by atoms with Gasteiger partial charge in [-0.2, -0.15) is 0 Å². The van der Waals surface area contributed by atoms with Crippen LogP contribution in [0.15, 0.2) is 12.5 Å². The number of carbonyl (C=O) groups is 1. The summed E-state index contributed by atoms with van der Waals surface area (Å²) in [7, 11) is 1.91. The highest BCUT2D eigenvalue weighted by molar-refractivity contribution is 5.75. The van der Waals surface area contributed by atoms with Crippen molar-refractivity contribution in [1.29, 1.82) is 0 Å². The van der Waals surface area contributed by atoms with E-state index in [2.05, 4.69) is 15.6 Å². The second-order valence-electron chi connectivity index (χ2n) is 3.34. The maximum atomic E-state index is 11.3. The van der Waals surface area contributed by atoms with Gasteiger partial charge >= 0.3 is 0 Å². The van der Waals surface area contributed by atoms with Gasteiger partial charge in [-0.1, -0.05) is 0 Å². The summed E-state index contributed by atoms with van der Waals surface area (Å²) in [5.74, 6) is 0.0232. The number of rotatable bonds is 6. The van der Waals surface area contributed by atoms with Crippen LogP contribution in [-0.4, -0.2) is 35.6 Å². The summed E-state index contributed by atoms with van der Waals surface area (Å²) >= 11 is 0. The second-order valence-corrected chi connectivity index (χ2v) is 3.34. The molecule has 0 radical (unpaired) electrons. The zero-order valence-corrected chi connectivity index (χ0v) is 9.29.